The van der Waals surface area contributed by atoms with Crippen molar-refractivity contribution in [1.82, 2.24) is 10.2 Å². The Morgan fingerprint density at radius 3 is 2.58 bits per heavy atom. The van der Waals surface area contributed by atoms with Crippen LogP contribution in [0.2, 0.25) is 0 Å². The summed E-state index contributed by atoms with van der Waals surface area (Å²) in [5, 5.41) is 23.3. The first-order chi connectivity index (χ1) is 17.3. The minimum atomic E-state index is -1.15. The Balaban J connectivity index is 2.01. The minimum Gasteiger partial charge on any atom is -0.493 e. The molecule has 0 spiro atoms. The Kier molecular flexibility index (Phi) is 10.5. The SMILES string of the molecule is COCC(=O)N(C1CCCC1)[C@@H]1CC(C(=O)NCCO)=C[C@H](Oc2c(I)cc(C=O)cc2OC)[C@H]1O. The number of aliphatic hydroxyl groups is 2. The fourth-order valence-corrected chi connectivity index (χ4v) is 5.60. The van der Waals surface area contributed by atoms with E-state index in [1.165, 1.54) is 20.3 Å². The highest BCUT2D eigenvalue weighted by Gasteiger charge is 2.43. The van der Waals surface area contributed by atoms with Crippen molar-refractivity contribution in [2.24, 2.45) is 0 Å². The number of nitrogens with zero attached hydrogens (tertiary/aromatic N) is 1. The molecular weight excluding hydrogens is 583 g/mol. The van der Waals surface area contributed by atoms with Crippen LogP contribution >= 0.6 is 22.6 Å². The maximum Gasteiger partial charge on any atom is 0.249 e. The van der Waals surface area contributed by atoms with Gasteiger partial charge in [0.2, 0.25) is 11.8 Å². The summed E-state index contributed by atoms with van der Waals surface area (Å²) in [6.45, 7) is -0.285. The van der Waals surface area contributed by atoms with Crippen LogP contribution in [-0.2, 0) is 14.3 Å². The van der Waals surface area contributed by atoms with Gasteiger partial charge in [0.15, 0.2) is 11.5 Å². The number of benzene rings is 1. The van der Waals surface area contributed by atoms with Crippen LogP contribution in [0.5, 0.6) is 11.5 Å². The molecule has 11 heteroatoms. The number of aldehydes is 1. The predicted molar refractivity (Wildman–Crippen MR) is 139 cm³/mol. The molecule has 2 aliphatic rings. The van der Waals surface area contributed by atoms with Gasteiger partial charge in [0.25, 0.3) is 0 Å². The van der Waals surface area contributed by atoms with Crippen LogP contribution in [0.4, 0.5) is 0 Å². The summed E-state index contributed by atoms with van der Waals surface area (Å²) in [5.41, 5.74) is 0.748. The predicted octanol–water partition coefficient (Wildman–Crippen LogP) is 1.45. The lowest BCUT2D eigenvalue weighted by Crippen LogP contribution is -2.58. The van der Waals surface area contributed by atoms with Gasteiger partial charge in [-0.3, -0.25) is 14.4 Å². The van der Waals surface area contributed by atoms with E-state index < -0.39 is 24.2 Å². The van der Waals surface area contributed by atoms with Crippen LogP contribution in [0.3, 0.4) is 0 Å². The normalized spacial score (nSPS) is 22.0. The zero-order chi connectivity index (χ0) is 26.2. The molecule has 1 fully saturated rings. The molecule has 3 atom stereocenters. The largest absolute Gasteiger partial charge is 0.493 e. The maximum atomic E-state index is 13.2. The molecule has 0 radical (unpaired) electrons. The lowest BCUT2D eigenvalue weighted by molar-refractivity contribution is -0.145. The van der Waals surface area contributed by atoms with E-state index in [0.29, 0.717) is 32.5 Å². The number of aliphatic hydroxyl groups excluding tert-OH is 2. The molecule has 0 bridgehead atoms. The molecular formula is C25H33IN2O8. The summed E-state index contributed by atoms with van der Waals surface area (Å²) in [6.07, 6.45) is 3.80. The van der Waals surface area contributed by atoms with Crippen LogP contribution in [0.15, 0.2) is 23.8 Å². The number of halogens is 1. The first-order valence-electron chi connectivity index (χ1n) is 11.9. The van der Waals surface area contributed by atoms with Crippen molar-refractivity contribution in [3.05, 3.63) is 32.9 Å². The van der Waals surface area contributed by atoms with Crippen molar-refractivity contribution >= 4 is 40.7 Å². The Morgan fingerprint density at radius 1 is 1.25 bits per heavy atom. The molecule has 36 heavy (non-hydrogen) atoms. The highest BCUT2D eigenvalue weighted by Crippen LogP contribution is 2.38. The molecule has 0 unspecified atom stereocenters. The van der Waals surface area contributed by atoms with E-state index in [0.717, 1.165) is 25.7 Å². The third-order valence-corrected chi connectivity index (χ3v) is 7.29. The van der Waals surface area contributed by atoms with Crippen LogP contribution in [0.1, 0.15) is 42.5 Å². The lowest BCUT2D eigenvalue weighted by atomic mass is 9.87. The van der Waals surface area contributed by atoms with Crippen molar-refractivity contribution < 1.29 is 38.8 Å². The van der Waals surface area contributed by atoms with E-state index in [2.05, 4.69) is 5.32 Å². The summed E-state index contributed by atoms with van der Waals surface area (Å²) in [7, 11) is 2.89. The molecule has 2 aliphatic carbocycles. The van der Waals surface area contributed by atoms with Crippen molar-refractivity contribution in [3.63, 3.8) is 0 Å². The first-order valence-corrected chi connectivity index (χ1v) is 13.0. The topological polar surface area (TPSA) is 135 Å². The van der Waals surface area contributed by atoms with Gasteiger partial charge < -0.3 is 34.6 Å². The monoisotopic (exact) mass is 616 g/mol. The van der Waals surface area contributed by atoms with Crippen molar-refractivity contribution in [2.75, 3.05) is 34.0 Å². The van der Waals surface area contributed by atoms with Gasteiger partial charge in [0.1, 0.15) is 25.1 Å². The number of carbonyl (C=O) groups excluding carboxylic acids is 3. The Hall–Kier alpha value is -2.22. The number of methoxy groups -OCH3 is 2. The molecule has 1 aromatic carbocycles. The molecule has 0 heterocycles. The fraction of sp³-hybridized carbons (Fsp3) is 0.560. The Bertz CT molecular complexity index is 979. The molecule has 0 saturated heterocycles. The molecule has 3 rings (SSSR count). The van der Waals surface area contributed by atoms with Crippen LogP contribution in [0, 0.1) is 3.57 Å². The van der Waals surface area contributed by atoms with Crippen molar-refractivity contribution in [2.45, 2.75) is 56.4 Å². The van der Waals surface area contributed by atoms with E-state index >= 15 is 0 Å². The number of hydrogen-bond donors (Lipinski definition) is 3. The molecule has 2 amide bonds. The number of hydrogen-bond acceptors (Lipinski definition) is 8. The maximum absolute atomic E-state index is 13.2. The van der Waals surface area contributed by atoms with Crippen molar-refractivity contribution in [1.29, 1.82) is 0 Å². The first kappa shape index (κ1) is 28.4. The standard InChI is InChI=1S/C25H33IN2O8/c1-34-14-22(31)28(17-5-3-4-6-17)19-11-16(25(33)27-7-8-29)12-20(23(19)32)36-24-18(26)9-15(13-30)10-21(24)35-2/h9-10,12-13,17,19-20,23,29,32H,3-8,11,14H2,1-2H3,(H,27,33)/t19-,20+,23+/m1/s1. The van der Waals surface area contributed by atoms with Crippen molar-refractivity contribution in [3.8, 4) is 11.5 Å². The van der Waals surface area contributed by atoms with Gasteiger partial charge in [0, 0.05) is 37.3 Å². The fourth-order valence-electron chi connectivity index (χ4n) is 4.85. The highest BCUT2D eigenvalue weighted by molar-refractivity contribution is 14.1. The van der Waals surface area contributed by atoms with E-state index in [4.69, 9.17) is 19.3 Å². The molecule has 0 aliphatic heterocycles. The lowest BCUT2D eigenvalue weighted by Gasteiger charge is -2.43. The average Bonchev–Trinajstić information content (AvgIpc) is 3.40. The van der Waals surface area contributed by atoms with E-state index in [1.807, 2.05) is 22.6 Å². The van der Waals surface area contributed by atoms with Gasteiger partial charge >= 0.3 is 0 Å². The Labute approximate surface area is 224 Å². The zero-order valence-corrected chi connectivity index (χ0v) is 22.6. The van der Waals surface area contributed by atoms with Crippen LogP contribution in [0.25, 0.3) is 0 Å². The zero-order valence-electron chi connectivity index (χ0n) is 20.4. The molecule has 0 aromatic heterocycles. The molecule has 10 nitrogen and oxygen atoms in total. The number of ether oxygens (including phenoxy) is 3. The summed E-state index contributed by atoms with van der Waals surface area (Å²) in [6, 6.07) is 2.36. The highest BCUT2D eigenvalue weighted by atomic mass is 127. The number of amides is 2. The smallest absolute Gasteiger partial charge is 0.249 e. The second-order valence-corrected chi connectivity index (χ2v) is 10.0. The van der Waals surface area contributed by atoms with Crippen LogP contribution in [-0.4, -0.2) is 91.5 Å². The second kappa shape index (κ2) is 13.4. The number of rotatable bonds is 11. The number of nitrogens with one attached hydrogen (secondary N) is 1. The van der Waals surface area contributed by atoms with E-state index in [9.17, 15) is 19.5 Å². The molecule has 1 saturated carbocycles. The van der Waals surface area contributed by atoms with Gasteiger partial charge in [0.05, 0.1) is 23.3 Å². The summed E-state index contributed by atoms with van der Waals surface area (Å²) < 4.78 is 17.3. The minimum absolute atomic E-state index is 0.0722. The van der Waals surface area contributed by atoms with Crippen LogP contribution < -0.4 is 14.8 Å². The summed E-state index contributed by atoms with van der Waals surface area (Å²) in [4.78, 5) is 39.0. The quantitative estimate of drug-likeness (QED) is 0.251. The van der Waals surface area contributed by atoms with E-state index in [-0.39, 0.29) is 38.1 Å². The van der Waals surface area contributed by atoms with Gasteiger partial charge in [-0.1, -0.05) is 12.8 Å². The average molecular weight is 616 g/mol. The third-order valence-electron chi connectivity index (χ3n) is 6.49. The number of carbonyl (C=O) groups is 3. The second-order valence-electron chi connectivity index (χ2n) is 8.84. The Morgan fingerprint density at radius 2 is 1.97 bits per heavy atom. The van der Waals surface area contributed by atoms with Gasteiger partial charge in [-0.25, -0.2) is 0 Å². The van der Waals surface area contributed by atoms with E-state index in [1.54, 1.807) is 17.0 Å². The molecule has 198 valence electrons. The van der Waals surface area contributed by atoms with Gasteiger partial charge in [-0.15, -0.1) is 0 Å². The summed E-state index contributed by atoms with van der Waals surface area (Å²) >= 11 is 2.02. The molecule has 3 N–H and O–H groups in total. The molecule has 1 aromatic rings. The third kappa shape index (κ3) is 6.55. The van der Waals surface area contributed by atoms with Gasteiger partial charge in [-0.2, -0.15) is 0 Å². The summed E-state index contributed by atoms with van der Waals surface area (Å²) in [5.74, 6) is -0.0405. The van der Waals surface area contributed by atoms with Gasteiger partial charge in [-0.05, 0) is 53.6 Å².